The van der Waals surface area contributed by atoms with Crippen LogP contribution < -0.4 is 14.8 Å². The molecule has 0 spiro atoms. The van der Waals surface area contributed by atoms with Gasteiger partial charge < -0.3 is 19.7 Å². The maximum atomic E-state index is 5.52. The van der Waals surface area contributed by atoms with Gasteiger partial charge in [0.15, 0.2) is 5.96 Å². The van der Waals surface area contributed by atoms with Crippen LogP contribution in [0.5, 0.6) is 11.5 Å². The molecule has 1 fully saturated rings. The number of rotatable bonds is 6. The third-order valence-corrected chi connectivity index (χ3v) is 5.30. The maximum Gasteiger partial charge on any atom is 0.194 e. The van der Waals surface area contributed by atoms with Crippen molar-refractivity contribution in [3.63, 3.8) is 0 Å². The first-order valence-corrected chi connectivity index (χ1v) is 9.94. The molecule has 3 rings (SSSR count). The van der Waals surface area contributed by atoms with Crippen LogP contribution in [0.15, 0.2) is 41.5 Å². The summed E-state index contributed by atoms with van der Waals surface area (Å²) in [5.41, 5.74) is 3.39. The Bertz CT molecular complexity index is 838. The lowest BCUT2D eigenvalue weighted by molar-refractivity contribution is 0.171. The molecule has 1 aromatic carbocycles. The van der Waals surface area contributed by atoms with E-state index in [0.717, 1.165) is 61.4 Å². The van der Waals surface area contributed by atoms with E-state index in [-0.39, 0.29) is 24.0 Å². The molecule has 8 heteroatoms. The zero-order chi connectivity index (χ0) is 20.6. The number of ether oxygens (including phenoxy) is 2. The minimum atomic E-state index is 0. The van der Waals surface area contributed by atoms with Crippen LogP contribution in [0.25, 0.3) is 0 Å². The second kappa shape index (κ2) is 11.9. The number of benzene rings is 1. The number of aryl methyl sites for hydroxylation is 1. The average Bonchev–Trinajstić information content (AvgIpc) is 2.76. The van der Waals surface area contributed by atoms with Gasteiger partial charge in [-0.15, -0.1) is 24.0 Å². The minimum absolute atomic E-state index is 0. The molecule has 1 saturated heterocycles. The average molecular weight is 525 g/mol. The van der Waals surface area contributed by atoms with Gasteiger partial charge in [0, 0.05) is 51.5 Å². The Labute approximate surface area is 196 Å². The highest BCUT2D eigenvalue weighted by Crippen LogP contribution is 2.25. The number of aliphatic imine (C=N–C) groups is 1. The Morgan fingerprint density at radius 3 is 2.53 bits per heavy atom. The zero-order valence-corrected chi connectivity index (χ0v) is 20.6. The molecule has 1 aliphatic heterocycles. The first-order valence-electron chi connectivity index (χ1n) is 9.94. The fourth-order valence-electron chi connectivity index (χ4n) is 3.56. The highest BCUT2D eigenvalue weighted by molar-refractivity contribution is 14.0. The van der Waals surface area contributed by atoms with E-state index in [1.54, 1.807) is 14.2 Å². The lowest BCUT2D eigenvalue weighted by Gasteiger charge is -2.36. The fraction of sp³-hybridized carbons (Fsp3) is 0.455. The van der Waals surface area contributed by atoms with Crippen LogP contribution in [0.2, 0.25) is 0 Å². The minimum Gasteiger partial charge on any atom is -0.497 e. The van der Waals surface area contributed by atoms with Crippen molar-refractivity contribution in [2.24, 2.45) is 4.99 Å². The summed E-state index contributed by atoms with van der Waals surface area (Å²) in [7, 11) is 5.23. The van der Waals surface area contributed by atoms with Crippen LogP contribution >= 0.6 is 24.0 Å². The van der Waals surface area contributed by atoms with Crippen LogP contribution in [0, 0.1) is 6.92 Å². The summed E-state index contributed by atoms with van der Waals surface area (Å²) in [6.07, 6.45) is 1.83. The van der Waals surface area contributed by atoms with Gasteiger partial charge in [0.05, 0.1) is 26.5 Å². The number of hydrogen-bond donors (Lipinski definition) is 1. The number of piperazine rings is 1. The van der Waals surface area contributed by atoms with E-state index in [1.807, 2.05) is 31.4 Å². The molecule has 0 atom stereocenters. The lowest BCUT2D eigenvalue weighted by Crippen LogP contribution is -2.52. The molecule has 0 unspecified atom stereocenters. The smallest absolute Gasteiger partial charge is 0.194 e. The summed E-state index contributed by atoms with van der Waals surface area (Å²) >= 11 is 0. The third kappa shape index (κ3) is 6.21. The van der Waals surface area contributed by atoms with Gasteiger partial charge in [-0.3, -0.25) is 14.9 Å². The van der Waals surface area contributed by atoms with Crippen LogP contribution in [-0.2, 0) is 13.1 Å². The predicted octanol–water partition coefficient (Wildman–Crippen LogP) is 2.92. The van der Waals surface area contributed by atoms with Crippen LogP contribution in [0.1, 0.15) is 16.8 Å². The lowest BCUT2D eigenvalue weighted by atomic mass is 10.1. The van der Waals surface area contributed by atoms with E-state index in [4.69, 9.17) is 9.47 Å². The number of guanidine groups is 1. The predicted molar refractivity (Wildman–Crippen MR) is 131 cm³/mol. The van der Waals surface area contributed by atoms with Crippen LogP contribution in [-0.4, -0.2) is 68.2 Å². The fourth-order valence-corrected chi connectivity index (χ4v) is 3.56. The molecule has 164 valence electrons. The molecule has 2 heterocycles. The number of nitrogens with one attached hydrogen (secondary N) is 1. The van der Waals surface area contributed by atoms with E-state index in [1.165, 1.54) is 5.56 Å². The summed E-state index contributed by atoms with van der Waals surface area (Å²) in [4.78, 5) is 13.7. The summed E-state index contributed by atoms with van der Waals surface area (Å²) in [6, 6.07) is 10.00. The van der Waals surface area contributed by atoms with Crippen molar-refractivity contribution in [2.45, 2.75) is 20.0 Å². The highest BCUT2D eigenvalue weighted by atomic mass is 127. The van der Waals surface area contributed by atoms with Gasteiger partial charge in [-0.1, -0.05) is 6.07 Å². The molecule has 1 aromatic heterocycles. The largest absolute Gasteiger partial charge is 0.497 e. The van der Waals surface area contributed by atoms with E-state index >= 15 is 0 Å². The second-order valence-electron chi connectivity index (χ2n) is 7.11. The van der Waals surface area contributed by atoms with E-state index in [9.17, 15) is 0 Å². The molecule has 30 heavy (non-hydrogen) atoms. The van der Waals surface area contributed by atoms with E-state index < -0.39 is 0 Å². The van der Waals surface area contributed by atoms with Gasteiger partial charge in [0.25, 0.3) is 0 Å². The number of halogens is 1. The topological polar surface area (TPSA) is 62.2 Å². The van der Waals surface area contributed by atoms with Gasteiger partial charge in [-0.25, -0.2) is 0 Å². The molecular weight excluding hydrogens is 493 g/mol. The van der Waals surface area contributed by atoms with Gasteiger partial charge in [-0.2, -0.15) is 0 Å². The molecule has 0 saturated carbocycles. The molecular formula is C22H32IN5O2. The molecule has 7 nitrogen and oxygen atoms in total. The zero-order valence-electron chi connectivity index (χ0n) is 18.2. The number of hydrogen-bond acceptors (Lipinski definition) is 5. The highest BCUT2D eigenvalue weighted by Gasteiger charge is 2.21. The van der Waals surface area contributed by atoms with Gasteiger partial charge in [0.1, 0.15) is 11.5 Å². The van der Waals surface area contributed by atoms with E-state index in [0.29, 0.717) is 6.54 Å². The Balaban J connectivity index is 0.00000320. The Morgan fingerprint density at radius 1 is 1.13 bits per heavy atom. The van der Waals surface area contributed by atoms with Gasteiger partial charge >= 0.3 is 0 Å². The molecule has 2 aromatic rings. The molecule has 1 aliphatic rings. The summed E-state index contributed by atoms with van der Waals surface area (Å²) < 4.78 is 10.9. The Kier molecular flexibility index (Phi) is 9.64. The van der Waals surface area contributed by atoms with Crippen molar-refractivity contribution in [3.8, 4) is 11.5 Å². The summed E-state index contributed by atoms with van der Waals surface area (Å²) in [5.74, 6) is 2.68. The number of nitrogens with zero attached hydrogens (tertiary/aromatic N) is 4. The van der Waals surface area contributed by atoms with E-state index in [2.05, 4.69) is 44.1 Å². The number of pyridine rings is 1. The monoisotopic (exact) mass is 525 g/mol. The SMILES string of the molecule is CN=C(NCc1ncccc1C)N1CCN(Cc2cc(OC)ccc2OC)CC1.I. The third-order valence-electron chi connectivity index (χ3n) is 5.30. The molecule has 0 amide bonds. The van der Waals surface area contributed by atoms with Crippen molar-refractivity contribution < 1.29 is 9.47 Å². The van der Waals surface area contributed by atoms with Crippen LogP contribution in [0.3, 0.4) is 0 Å². The van der Waals surface area contributed by atoms with Gasteiger partial charge in [-0.05, 0) is 36.8 Å². The first-order chi connectivity index (χ1) is 14.1. The molecule has 0 bridgehead atoms. The van der Waals surface area contributed by atoms with Crippen molar-refractivity contribution in [1.82, 2.24) is 20.1 Å². The number of methoxy groups -OCH3 is 2. The van der Waals surface area contributed by atoms with Crippen molar-refractivity contribution >= 4 is 29.9 Å². The van der Waals surface area contributed by atoms with Crippen molar-refractivity contribution in [3.05, 3.63) is 53.3 Å². The van der Waals surface area contributed by atoms with Crippen molar-refractivity contribution in [2.75, 3.05) is 47.4 Å². The first kappa shape index (κ1) is 24.2. The normalized spacial score (nSPS) is 14.8. The summed E-state index contributed by atoms with van der Waals surface area (Å²) in [6.45, 7) is 7.38. The Hall–Kier alpha value is -2.07. The quantitative estimate of drug-likeness (QED) is 0.356. The molecule has 1 N–H and O–H groups in total. The van der Waals surface area contributed by atoms with Crippen LogP contribution in [0.4, 0.5) is 0 Å². The van der Waals surface area contributed by atoms with Crippen molar-refractivity contribution in [1.29, 1.82) is 0 Å². The summed E-state index contributed by atoms with van der Waals surface area (Å²) in [5, 5.41) is 3.45. The van der Waals surface area contributed by atoms with Gasteiger partial charge in [0.2, 0.25) is 0 Å². The maximum absolute atomic E-state index is 5.52. The molecule has 0 radical (unpaired) electrons. The Morgan fingerprint density at radius 2 is 1.90 bits per heavy atom. The second-order valence-corrected chi connectivity index (χ2v) is 7.11. The number of aromatic nitrogens is 1. The standard InChI is InChI=1S/C22H31N5O2.HI/c1-17-6-5-9-24-20(17)15-25-22(23-2)27-12-10-26(11-13-27)16-18-14-19(28-3)7-8-21(18)29-4;/h5-9,14H,10-13,15-16H2,1-4H3,(H,23,25);1H. The molecule has 0 aliphatic carbocycles.